The van der Waals surface area contributed by atoms with Gasteiger partial charge in [0.2, 0.25) is 35.4 Å². The monoisotopic (exact) mass is 1110 g/mol. The molecule has 4 aliphatic heterocycles. The molecule has 4 aromatic rings. The molecule has 3 saturated heterocycles. The Kier molecular flexibility index (Phi) is 17.0. The number of piperidine rings is 3. The van der Waals surface area contributed by atoms with Crippen molar-refractivity contribution in [2.75, 3.05) is 26.2 Å². The normalized spacial score (nSPS) is 20.8. The van der Waals surface area contributed by atoms with Crippen LogP contribution in [0, 0.1) is 29.6 Å². The molecule has 9 rings (SSSR count). The molecule has 7 atom stereocenters. The minimum absolute atomic E-state index is 0.0109. The number of carbonyl (C=O) groups is 10. The number of aromatic amines is 1. The van der Waals surface area contributed by atoms with E-state index >= 15 is 0 Å². The van der Waals surface area contributed by atoms with Crippen molar-refractivity contribution in [1.82, 2.24) is 46.3 Å². The standard InChI is InChI=1S/C56H63N10O13P/c1-2-3-16-41(60-48(68)42-27-35-25-34(17-18-40(35)59-42)55(75)80(77,78)79)53(73)66-29-36-26-38(36)47(66)51(71)61-43(28-58-56(57)76)49(69)63-46(33-12-5-4-6-13-33)54(74)64-23-21-31(22-24-64)10-7-8-11-32-14-9-15-37-39(32)30-65(52(37)72)44-19-20-45(67)62-50(44)70/h4-6,9,12-15,17-18,25,27,31,36,38,41,43-44,46-47,59H,2-3,7,10,16,19-24,26,28-30H2,1H3,(H,60,68)(H,61,71)(H,63,69)(H3,57,58,76)(H,62,67,70)(H2,77,78,79)/t36-,38-,41+,43+,44?,46+,47+/m1/s1. The zero-order valence-electron chi connectivity index (χ0n) is 43.9. The molecule has 420 valence electrons. The van der Waals surface area contributed by atoms with Crippen molar-refractivity contribution in [3.63, 3.8) is 0 Å². The van der Waals surface area contributed by atoms with Gasteiger partial charge in [0.15, 0.2) is 0 Å². The predicted molar refractivity (Wildman–Crippen MR) is 287 cm³/mol. The number of imide groups is 1. The number of nitrogens with one attached hydrogen (secondary N) is 6. The SMILES string of the molecule is CCCC[C@H](NC(=O)c1cc2cc(C(=O)P(=O)(O)O)ccc2[nH]1)C(=O)N1C[C@H]2C[C@H]2[C@H]1C(=O)N[C@@H](CNC(N)=O)C(=O)N[C@H](C(=O)N1CCC(CCC#Cc2cccc3c2CN(C2CCC(=O)NC2=O)C3=O)CC1)c1ccccc1. The Labute approximate surface area is 460 Å². The van der Waals surface area contributed by atoms with Gasteiger partial charge in [-0.05, 0) is 104 Å². The van der Waals surface area contributed by atoms with E-state index in [9.17, 15) is 62.3 Å². The molecular formula is C56H63N10O13P. The van der Waals surface area contributed by atoms with E-state index in [0.29, 0.717) is 79.2 Å². The second-order valence-electron chi connectivity index (χ2n) is 21.1. The van der Waals surface area contributed by atoms with Gasteiger partial charge in [-0.1, -0.05) is 68.0 Å². The van der Waals surface area contributed by atoms with E-state index in [4.69, 9.17) is 5.73 Å². The number of likely N-dealkylation sites (tertiary alicyclic amines) is 2. The first-order chi connectivity index (χ1) is 38.3. The molecule has 3 aromatic carbocycles. The summed E-state index contributed by atoms with van der Waals surface area (Å²) in [5.74, 6) is 2.27. The molecule has 24 heteroatoms. The van der Waals surface area contributed by atoms with E-state index in [1.165, 1.54) is 34.1 Å². The zero-order chi connectivity index (χ0) is 57.0. The maximum absolute atomic E-state index is 14.5. The van der Waals surface area contributed by atoms with Gasteiger partial charge in [-0.15, -0.1) is 0 Å². The fourth-order valence-electron chi connectivity index (χ4n) is 11.3. The predicted octanol–water partition coefficient (Wildman–Crippen LogP) is 2.46. The minimum Gasteiger partial charge on any atom is -0.352 e. The van der Waals surface area contributed by atoms with E-state index in [1.54, 1.807) is 47.4 Å². The van der Waals surface area contributed by atoms with Crippen LogP contribution in [0.5, 0.6) is 0 Å². The molecule has 0 radical (unpaired) electrons. The minimum atomic E-state index is -5.07. The lowest BCUT2D eigenvalue weighted by atomic mass is 9.91. The van der Waals surface area contributed by atoms with Crippen LogP contribution in [0.4, 0.5) is 4.79 Å². The third kappa shape index (κ3) is 12.6. The molecule has 1 aromatic heterocycles. The first-order valence-electron chi connectivity index (χ1n) is 26.9. The molecular weight excluding hydrogens is 1050 g/mol. The Bertz CT molecular complexity index is 3270. The number of rotatable bonds is 19. The molecule has 0 bridgehead atoms. The van der Waals surface area contributed by atoms with Crippen LogP contribution in [0.2, 0.25) is 0 Å². The van der Waals surface area contributed by atoms with Crippen molar-refractivity contribution in [1.29, 1.82) is 0 Å². The summed E-state index contributed by atoms with van der Waals surface area (Å²) in [5.41, 5.74) is 6.63. The third-order valence-electron chi connectivity index (χ3n) is 15.7. The average Bonchev–Trinajstić information content (AvgIpc) is 3.75. The van der Waals surface area contributed by atoms with Gasteiger partial charge >= 0.3 is 13.6 Å². The third-order valence-corrected chi connectivity index (χ3v) is 16.5. The van der Waals surface area contributed by atoms with Crippen molar-refractivity contribution < 1.29 is 62.3 Å². The topological polar surface area (TPSA) is 340 Å². The molecule has 10 N–H and O–H groups in total. The van der Waals surface area contributed by atoms with E-state index in [2.05, 4.69) is 43.4 Å². The van der Waals surface area contributed by atoms with Gasteiger partial charge in [0.05, 0.1) is 0 Å². The van der Waals surface area contributed by atoms with Gasteiger partial charge in [-0.25, -0.2) is 4.79 Å². The van der Waals surface area contributed by atoms with Crippen molar-refractivity contribution in [2.45, 2.75) is 108 Å². The number of carbonyl (C=O) groups excluding carboxylic acids is 10. The summed E-state index contributed by atoms with van der Waals surface area (Å²) in [6, 6.07) is 12.7. The fraction of sp³-hybridized carbons (Fsp3) is 0.429. The van der Waals surface area contributed by atoms with Crippen LogP contribution in [0.3, 0.4) is 0 Å². The highest BCUT2D eigenvalue weighted by atomic mass is 31.2. The molecule has 1 unspecified atom stereocenters. The summed E-state index contributed by atoms with van der Waals surface area (Å²) in [5, 5.41) is 13.4. The highest BCUT2D eigenvalue weighted by Gasteiger charge is 2.58. The quantitative estimate of drug-likeness (QED) is 0.0371. The number of nitrogens with zero attached hydrogens (tertiary/aromatic N) is 3. The first-order valence-corrected chi connectivity index (χ1v) is 28.5. The Morgan fingerprint density at radius 2 is 1.65 bits per heavy atom. The van der Waals surface area contributed by atoms with E-state index < -0.39 is 85.4 Å². The first kappa shape index (κ1) is 56.5. The summed E-state index contributed by atoms with van der Waals surface area (Å²) >= 11 is 0. The molecule has 10 amide bonds. The number of nitrogens with two attached hydrogens (primary N) is 1. The molecule has 5 heterocycles. The number of benzene rings is 3. The van der Waals surface area contributed by atoms with Gasteiger partial charge in [0.1, 0.15) is 35.9 Å². The second-order valence-corrected chi connectivity index (χ2v) is 22.6. The van der Waals surface area contributed by atoms with Crippen LogP contribution in [0.15, 0.2) is 72.8 Å². The number of urea groups is 1. The smallest absolute Gasteiger partial charge is 0.352 e. The van der Waals surface area contributed by atoms with Crippen molar-refractivity contribution >= 4 is 77.3 Å². The fourth-order valence-corrected chi connectivity index (χ4v) is 11.8. The second kappa shape index (κ2) is 24.0. The number of primary amides is 1. The lowest BCUT2D eigenvalue weighted by Crippen LogP contribution is -2.60. The number of H-pyrrole nitrogens is 1. The highest BCUT2D eigenvalue weighted by molar-refractivity contribution is 7.70. The largest absolute Gasteiger partial charge is 0.396 e. The maximum Gasteiger partial charge on any atom is 0.396 e. The number of unbranched alkanes of at least 4 members (excludes halogenated alkanes) is 1. The van der Waals surface area contributed by atoms with Crippen molar-refractivity contribution in [3.8, 4) is 11.8 Å². The molecule has 1 aliphatic carbocycles. The van der Waals surface area contributed by atoms with Gasteiger partial charge in [0, 0.05) is 73.2 Å². The Morgan fingerprint density at radius 1 is 0.887 bits per heavy atom. The van der Waals surface area contributed by atoms with Crippen LogP contribution in [0.1, 0.15) is 125 Å². The molecule has 0 spiro atoms. The van der Waals surface area contributed by atoms with Gasteiger partial charge in [0.25, 0.3) is 17.3 Å². The molecule has 23 nitrogen and oxygen atoms in total. The summed E-state index contributed by atoms with van der Waals surface area (Å²) in [6.45, 7) is 2.67. The van der Waals surface area contributed by atoms with Crippen molar-refractivity contribution in [3.05, 3.63) is 106 Å². The highest BCUT2D eigenvalue weighted by Crippen LogP contribution is 2.50. The Balaban J connectivity index is 0.826. The summed E-state index contributed by atoms with van der Waals surface area (Å²) in [7, 11) is -5.07. The Hall–Kier alpha value is -8.19. The molecule has 80 heavy (non-hydrogen) atoms. The molecule has 5 aliphatic rings. The molecule has 1 saturated carbocycles. The van der Waals surface area contributed by atoms with E-state index in [0.717, 1.165) is 12.0 Å². The van der Waals surface area contributed by atoms with Crippen LogP contribution < -0.4 is 32.3 Å². The average molecular weight is 1120 g/mol. The lowest BCUT2D eigenvalue weighted by Gasteiger charge is -2.35. The van der Waals surface area contributed by atoms with Crippen molar-refractivity contribution in [2.24, 2.45) is 23.5 Å². The van der Waals surface area contributed by atoms with E-state index in [1.807, 2.05) is 13.0 Å². The van der Waals surface area contributed by atoms with Crippen LogP contribution in [-0.2, 0) is 39.9 Å². The van der Waals surface area contributed by atoms with Gasteiger partial charge in [-0.2, -0.15) is 0 Å². The number of aromatic nitrogens is 1. The van der Waals surface area contributed by atoms with Gasteiger partial charge < -0.3 is 56.5 Å². The molecule has 4 fully saturated rings. The maximum atomic E-state index is 14.5. The summed E-state index contributed by atoms with van der Waals surface area (Å²) < 4.78 is 11.6. The van der Waals surface area contributed by atoms with Gasteiger partial charge in [-0.3, -0.25) is 53.0 Å². The summed E-state index contributed by atoms with van der Waals surface area (Å²) in [6.07, 6.45) is 5.11. The zero-order valence-corrected chi connectivity index (χ0v) is 44.8. The number of amides is 10. The number of fused-ring (bicyclic) bond motifs is 3. The number of hydrogen-bond donors (Lipinski definition) is 9. The van der Waals surface area contributed by atoms with E-state index in [-0.39, 0.29) is 79.1 Å². The van der Waals surface area contributed by atoms with Crippen LogP contribution in [0.25, 0.3) is 10.9 Å². The Morgan fingerprint density at radius 3 is 2.36 bits per heavy atom. The number of hydrogen-bond acceptors (Lipinski definition) is 11. The van der Waals surface area contributed by atoms with Crippen LogP contribution in [-0.4, -0.2) is 139 Å². The van der Waals surface area contributed by atoms with Crippen LogP contribution >= 0.6 is 7.60 Å². The summed E-state index contributed by atoms with van der Waals surface area (Å²) in [4.78, 5) is 160. The lowest BCUT2D eigenvalue weighted by molar-refractivity contribution is -0.142.